The van der Waals surface area contributed by atoms with Gasteiger partial charge in [0.2, 0.25) is 11.8 Å². The quantitative estimate of drug-likeness (QED) is 0.461. The molecule has 0 aromatic heterocycles. The third-order valence-electron chi connectivity index (χ3n) is 5.13. The van der Waals surface area contributed by atoms with Crippen LogP contribution in [0.3, 0.4) is 0 Å². The van der Waals surface area contributed by atoms with E-state index in [0.29, 0.717) is 11.4 Å². The van der Waals surface area contributed by atoms with Gasteiger partial charge in [0.25, 0.3) is 10.0 Å². The predicted octanol–water partition coefficient (Wildman–Crippen LogP) is 4.31. The highest BCUT2D eigenvalue weighted by Crippen LogP contribution is 2.24. The Morgan fingerprint density at radius 2 is 1.45 bits per heavy atom. The highest BCUT2D eigenvalue weighted by Gasteiger charge is 2.19. The van der Waals surface area contributed by atoms with E-state index in [1.165, 1.54) is 31.2 Å². The monoisotopic (exact) mass is 465 g/mol. The summed E-state index contributed by atoms with van der Waals surface area (Å²) >= 11 is 0. The predicted molar refractivity (Wildman–Crippen MR) is 129 cm³/mol. The Morgan fingerprint density at radius 3 is 2.03 bits per heavy atom. The number of carbonyl (C=O) groups is 2. The Morgan fingerprint density at radius 1 is 0.848 bits per heavy atom. The van der Waals surface area contributed by atoms with Crippen molar-refractivity contribution < 1.29 is 18.0 Å². The number of hydrogen-bond donors (Lipinski definition) is 3. The van der Waals surface area contributed by atoms with Gasteiger partial charge >= 0.3 is 0 Å². The summed E-state index contributed by atoms with van der Waals surface area (Å²) in [7, 11) is -3.78. The van der Waals surface area contributed by atoms with E-state index in [-0.39, 0.29) is 23.1 Å². The maximum absolute atomic E-state index is 12.8. The Kier molecular flexibility index (Phi) is 7.50. The van der Waals surface area contributed by atoms with Crippen molar-refractivity contribution in [1.29, 1.82) is 0 Å². The summed E-state index contributed by atoms with van der Waals surface area (Å²) in [5.74, 6) is -0.538. The van der Waals surface area contributed by atoms with Crippen LogP contribution in [0.5, 0.6) is 0 Å². The van der Waals surface area contributed by atoms with Gasteiger partial charge in [-0.1, -0.05) is 48.5 Å². The minimum absolute atomic E-state index is 0.0394. The molecule has 0 bridgehead atoms. The van der Waals surface area contributed by atoms with Crippen molar-refractivity contribution in [3.8, 4) is 0 Å². The molecule has 33 heavy (non-hydrogen) atoms. The second kappa shape index (κ2) is 10.3. The number of benzene rings is 3. The third kappa shape index (κ3) is 6.43. The summed E-state index contributed by atoms with van der Waals surface area (Å²) in [6.07, 6.45) is 0.0394. The molecule has 2 amide bonds. The van der Waals surface area contributed by atoms with Gasteiger partial charge in [-0.2, -0.15) is 0 Å². The van der Waals surface area contributed by atoms with Gasteiger partial charge in [0.15, 0.2) is 0 Å². The fraction of sp³-hybridized carbons (Fsp3) is 0.200. The van der Waals surface area contributed by atoms with Crippen LogP contribution in [0.4, 0.5) is 11.4 Å². The zero-order valence-electron chi connectivity index (χ0n) is 18.8. The van der Waals surface area contributed by atoms with Crippen LogP contribution in [0.1, 0.15) is 36.1 Å². The molecule has 0 spiro atoms. The zero-order valence-corrected chi connectivity index (χ0v) is 19.6. The van der Waals surface area contributed by atoms with Gasteiger partial charge in [0.05, 0.1) is 23.0 Å². The van der Waals surface area contributed by atoms with E-state index in [0.717, 1.165) is 16.7 Å². The Hall–Kier alpha value is -3.65. The van der Waals surface area contributed by atoms with Crippen LogP contribution < -0.4 is 15.4 Å². The minimum atomic E-state index is -3.78. The van der Waals surface area contributed by atoms with E-state index in [1.807, 2.05) is 62.4 Å². The molecule has 8 heteroatoms. The van der Waals surface area contributed by atoms with Gasteiger partial charge in [0.1, 0.15) is 0 Å². The van der Waals surface area contributed by atoms with Crippen LogP contribution in [0.15, 0.2) is 77.7 Å². The van der Waals surface area contributed by atoms with Gasteiger partial charge in [-0.15, -0.1) is 0 Å². The molecule has 1 atom stereocenters. The largest absolute Gasteiger partial charge is 0.349 e. The highest BCUT2D eigenvalue weighted by molar-refractivity contribution is 7.92. The molecular formula is C25H27N3O4S. The van der Waals surface area contributed by atoms with Crippen LogP contribution in [0, 0.1) is 13.8 Å². The molecule has 3 N–H and O–H groups in total. The maximum atomic E-state index is 12.8. The number of nitrogens with one attached hydrogen (secondary N) is 3. The first kappa shape index (κ1) is 24.0. The Labute approximate surface area is 194 Å². The molecule has 0 aliphatic carbocycles. The molecule has 3 rings (SSSR count). The van der Waals surface area contributed by atoms with Crippen molar-refractivity contribution in [1.82, 2.24) is 5.32 Å². The minimum Gasteiger partial charge on any atom is -0.349 e. The van der Waals surface area contributed by atoms with Crippen LogP contribution in [-0.4, -0.2) is 20.2 Å². The molecule has 0 heterocycles. The summed E-state index contributed by atoms with van der Waals surface area (Å²) in [6.45, 7) is 5.08. The van der Waals surface area contributed by atoms with Gasteiger partial charge in [-0.3, -0.25) is 14.3 Å². The fourth-order valence-electron chi connectivity index (χ4n) is 3.47. The third-order valence-corrected chi connectivity index (χ3v) is 6.50. The number of carbonyl (C=O) groups excluding carboxylic acids is 2. The molecule has 0 saturated heterocycles. The van der Waals surface area contributed by atoms with E-state index in [1.54, 1.807) is 0 Å². The highest BCUT2D eigenvalue weighted by atomic mass is 32.2. The lowest BCUT2D eigenvalue weighted by Crippen LogP contribution is -2.29. The molecule has 0 radical (unpaired) electrons. The fourth-order valence-corrected chi connectivity index (χ4v) is 4.67. The number of anilines is 2. The van der Waals surface area contributed by atoms with Gasteiger partial charge in [-0.05, 0) is 54.8 Å². The Balaban J connectivity index is 1.69. The number of sulfonamides is 1. The van der Waals surface area contributed by atoms with Crippen LogP contribution in [0.25, 0.3) is 0 Å². The lowest BCUT2D eigenvalue weighted by atomic mass is 10.0. The zero-order chi connectivity index (χ0) is 24.0. The molecule has 0 aliphatic heterocycles. The lowest BCUT2D eigenvalue weighted by molar-refractivity contribution is -0.120. The molecule has 0 aliphatic rings. The van der Waals surface area contributed by atoms with E-state index in [9.17, 15) is 18.0 Å². The number of rotatable bonds is 8. The summed E-state index contributed by atoms with van der Waals surface area (Å²) in [6, 6.07) is 20.3. The number of aryl methyl sites for hydroxylation is 2. The molecule has 1 unspecified atom stereocenters. The van der Waals surface area contributed by atoms with Crippen LogP contribution in [-0.2, 0) is 19.6 Å². The summed E-state index contributed by atoms with van der Waals surface area (Å²) in [4.78, 5) is 24.2. The second-order valence-electron chi connectivity index (χ2n) is 7.81. The molecular weight excluding hydrogens is 438 g/mol. The first-order chi connectivity index (χ1) is 15.7. The Bertz CT molecular complexity index is 1220. The van der Waals surface area contributed by atoms with E-state index in [2.05, 4.69) is 15.4 Å². The summed E-state index contributed by atoms with van der Waals surface area (Å²) in [5.41, 5.74) is 3.49. The van der Waals surface area contributed by atoms with Crippen molar-refractivity contribution in [3.05, 3.63) is 89.5 Å². The number of amides is 2. The topological polar surface area (TPSA) is 104 Å². The van der Waals surface area contributed by atoms with E-state index >= 15 is 0 Å². The first-order valence-corrected chi connectivity index (χ1v) is 11.9. The molecule has 172 valence electrons. The average molecular weight is 466 g/mol. The van der Waals surface area contributed by atoms with Crippen LogP contribution >= 0.6 is 0 Å². The summed E-state index contributed by atoms with van der Waals surface area (Å²) in [5, 5.41) is 5.54. The van der Waals surface area contributed by atoms with Gasteiger partial charge < -0.3 is 10.6 Å². The van der Waals surface area contributed by atoms with Gasteiger partial charge in [-0.25, -0.2) is 8.42 Å². The number of hydrogen-bond acceptors (Lipinski definition) is 4. The normalized spacial score (nSPS) is 12.0. The second-order valence-corrected chi connectivity index (χ2v) is 9.50. The van der Waals surface area contributed by atoms with E-state index in [4.69, 9.17) is 0 Å². The standard InChI is InChI=1S/C25H27N3O4S/c1-17-8-7-9-18(2)25(17)28-33(31,32)22-14-12-21(13-15-22)27-24(30)16-23(26-19(3)29)20-10-5-4-6-11-20/h4-15,23,28H,16H2,1-3H3,(H,26,29)(H,27,30). The number of para-hydroxylation sites is 1. The SMILES string of the molecule is CC(=O)NC(CC(=O)Nc1ccc(S(=O)(=O)Nc2c(C)cccc2C)cc1)c1ccccc1. The first-order valence-electron chi connectivity index (χ1n) is 10.5. The van der Waals surface area contributed by atoms with Gasteiger partial charge in [0, 0.05) is 12.6 Å². The molecule has 0 saturated carbocycles. The molecule has 0 fully saturated rings. The van der Waals surface area contributed by atoms with Crippen molar-refractivity contribution >= 4 is 33.2 Å². The van der Waals surface area contributed by atoms with Crippen molar-refractivity contribution in [3.63, 3.8) is 0 Å². The average Bonchev–Trinajstić information content (AvgIpc) is 2.76. The summed E-state index contributed by atoms with van der Waals surface area (Å²) < 4.78 is 28.3. The van der Waals surface area contributed by atoms with Crippen molar-refractivity contribution in [2.45, 2.75) is 38.1 Å². The van der Waals surface area contributed by atoms with E-state index < -0.39 is 16.1 Å². The smallest absolute Gasteiger partial charge is 0.261 e. The molecule has 7 nitrogen and oxygen atoms in total. The molecule has 3 aromatic carbocycles. The van der Waals surface area contributed by atoms with Crippen molar-refractivity contribution in [2.24, 2.45) is 0 Å². The molecule has 3 aromatic rings. The van der Waals surface area contributed by atoms with Crippen molar-refractivity contribution in [2.75, 3.05) is 10.0 Å². The lowest BCUT2D eigenvalue weighted by Gasteiger charge is -2.18. The maximum Gasteiger partial charge on any atom is 0.261 e. The van der Waals surface area contributed by atoms with Crippen LogP contribution in [0.2, 0.25) is 0 Å².